The van der Waals surface area contributed by atoms with Crippen LogP contribution >= 0.6 is 0 Å². The van der Waals surface area contributed by atoms with Crippen LogP contribution in [0.25, 0.3) is 11.0 Å². The minimum absolute atomic E-state index is 0.170. The van der Waals surface area contributed by atoms with Gasteiger partial charge >= 0.3 is 5.97 Å². The summed E-state index contributed by atoms with van der Waals surface area (Å²) < 4.78 is 13.0. The molecular weight excluding hydrogens is 310 g/mol. The summed E-state index contributed by atoms with van der Waals surface area (Å²) in [6.07, 6.45) is 2.88. The molecule has 2 saturated heterocycles. The van der Waals surface area contributed by atoms with Gasteiger partial charge in [-0.1, -0.05) is 0 Å². The van der Waals surface area contributed by atoms with Crippen molar-refractivity contribution in [2.75, 3.05) is 6.61 Å². The quantitative estimate of drug-likeness (QED) is 0.854. The van der Waals surface area contributed by atoms with Crippen molar-refractivity contribution < 1.29 is 14.3 Å². The third-order valence-corrected chi connectivity index (χ3v) is 5.77. The third kappa shape index (κ3) is 1.90. The first kappa shape index (κ1) is 14.2. The number of pyridine rings is 1. The molecule has 0 unspecified atom stereocenters. The topological polar surface area (TPSA) is 86.2 Å². The fourth-order valence-corrected chi connectivity index (χ4v) is 4.56. The van der Waals surface area contributed by atoms with Crippen LogP contribution in [0.5, 0.6) is 0 Å². The molecule has 4 heterocycles. The highest BCUT2D eigenvalue weighted by atomic mass is 16.5. The van der Waals surface area contributed by atoms with E-state index in [9.17, 15) is 9.59 Å². The van der Waals surface area contributed by atoms with E-state index in [2.05, 4.69) is 10.1 Å². The van der Waals surface area contributed by atoms with Gasteiger partial charge in [-0.3, -0.25) is 9.48 Å². The van der Waals surface area contributed by atoms with Crippen LogP contribution in [0.2, 0.25) is 0 Å². The predicted octanol–water partition coefficient (Wildman–Crippen LogP) is 1.15. The first-order chi connectivity index (χ1) is 11.5. The average molecular weight is 329 g/mol. The smallest absolute Gasteiger partial charge is 0.354 e. The first-order valence-corrected chi connectivity index (χ1v) is 8.42. The van der Waals surface area contributed by atoms with Crippen molar-refractivity contribution in [3.8, 4) is 0 Å². The van der Waals surface area contributed by atoms with Gasteiger partial charge in [-0.2, -0.15) is 5.10 Å². The van der Waals surface area contributed by atoms with Crippen molar-refractivity contribution in [1.29, 1.82) is 0 Å². The summed E-state index contributed by atoms with van der Waals surface area (Å²) in [5.74, 6) is 1.23. The van der Waals surface area contributed by atoms with Crippen molar-refractivity contribution in [1.82, 2.24) is 14.8 Å². The molecule has 126 valence electrons. The zero-order valence-corrected chi connectivity index (χ0v) is 13.6. The van der Waals surface area contributed by atoms with E-state index in [1.54, 1.807) is 18.7 Å². The van der Waals surface area contributed by atoms with Crippen LogP contribution in [-0.2, 0) is 16.5 Å². The van der Waals surface area contributed by atoms with Crippen LogP contribution in [0.1, 0.15) is 29.0 Å². The number of aromatic nitrogens is 3. The number of aromatic amines is 1. The predicted molar refractivity (Wildman–Crippen MR) is 84.7 cm³/mol. The Morgan fingerprint density at radius 3 is 3.04 bits per heavy atom. The second kappa shape index (κ2) is 4.69. The normalized spacial score (nSPS) is 33.0. The standard InChI is InChI=1S/C17H19N3O4/c1-7-14-12(21)5-11(18-16(14)20(2)19-7)17(22)23-6-8-3-13-9-4-10(9)15(8)24-13/h5,8-10,13,15H,3-4,6H2,1-2H3,(H,18,21)/t8-,9+,10-,13-,15+/m0/s1. The Balaban J connectivity index is 1.34. The summed E-state index contributed by atoms with van der Waals surface area (Å²) in [4.78, 5) is 27.6. The molecule has 5 atom stereocenters. The summed E-state index contributed by atoms with van der Waals surface area (Å²) >= 11 is 0. The van der Waals surface area contributed by atoms with Gasteiger partial charge in [-0.25, -0.2) is 4.79 Å². The number of hydrogen-bond acceptors (Lipinski definition) is 5. The molecule has 5 rings (SSSR count). The van der Waals surface area contributed by atoms with E-state index in [-0.39, 0.29) is 23.1 Å². The number of carbonyl (C=O) groups is 1. The second-order valence-corrected chi connectivity index (χ2v) is 7.28. The Labute approximate surface area is 137 Å². The van der Waals surface area contributed by atoms with E-state index in [1.165, 1.54) is 12.5 Å². The van der Waals surface area contributed by atoms with E-state index >= 15 is 0 Å². The fourth-order valence-electron chi connectivity index (χ4n) is 4.56. The number of nitrogens with one attached hydrogen (secondary N) is 1. The molecule has 1 aliphatic carbocycles. The van der Waals surface area contributed by atoms with Gasteiger partial charge in [0.1, 0.15) is 11.3 Å². The molecule has 7 heteroatoms. The average Bonchev–Trinajstić information content (AvgIpc) is 3.04. The van der Waals surface area contributed by atoms with E-state index < -0.39 is 5.97 Å². The molecule has 2 aliphatic heterocycles. The van der Waals surface area contributed by atoms with Crippen molar-refractivity contribution in [3.05, 3.63) is 27.7 Å². The summed E-state index contributed by atoms with van der Waals surface area (Å²) in [6, 6.07) is 1.30. The number of hydrogen-bond donors (Lipinski definition) is 1. The molecule has 1 N–H and O–H groups in total. The molecule has 3 aliphatic rings. The van der Waals surface area contributed by atoms with Gasteiger partial charge in [0.25, 0.3) is 0 Å². The Bertz CT molecular complexity index is 914. The summed E-state index contributed by atoms with van der Waals surface area (Å²) in [5.41, 5.74) is 1.14. The van der Waals surface area contributed by atoms with Gasteiger partial charge in [-0.15, -0.1) is 0 Å². The monoisotopic (exact) mass is 329 g/mol. The van der Waals surface area contributed by atoms with Gasteiger partial charge in [-0.05, 0) is 31.6 Å². The molecule has 2 aromatic rings. The maximum absolute atomic E-state index is 12.4. The maximum atomic E-state index is 12.4. The van der Waals surface area contributed by atoms with Crippen molar-refractivity contribution in [2.24, 2.45) is 24.8 Å². The van der Waals surface area contributed by atoms with Crippen LogP contribution in [0.3, 0.4) is 0 Å². The molecule has 1 saturated carbocycles. The second-order valence-electron chi connectivity index (χ2n) is 7.28. The minimum atomic E-state index is -0.497. The first-order valence-electron chi connectivity index (χ1n) is 8.42. The largest absolute Gasteiger partial charge is 0.461 e. The van der Waals surface area contributed by atoms with Gasteiger partial charge in [0.05, 0.1) is 29.9 Å². The Hall–Kier alpha value is -2.15. The number of esters is 1. The Kier molecular flexibility index (Phi) is 2.78. The number of rotatable bonds is 3. The van der Waals surface area contributed by atoms with E-state index in [1.807, 2.05) is 0 Å². The fraction of sp³-hybridized carbons (Fsp3) is 0.588. The molecule has 0 aromatic carbocycles. The lowest BCUT2D eigenvalue weighted by atomic mass is 9.90. The summed E-state index contributed by atoms with van der Waals surface area (Å²) in [7, 11) is 1.74. The van der Waals surface area contributed by atoms with Crippen LogP contribution in [0.15, 0.2) is 10.9 Å². The highest BCUT2D eigenvalue weighted by molar-refractivity contribution is 5.90. The van der Waals surface area contributed by atoms with E-state index in [4.69, 9.17) is 9.47 Å². The zero-order valence-electron chi connectivity index (χ0n) is 13.6. The lowest BCUT2D eigenvalue weighted by Gasteiger charge is -2.18. The van der Waals surface area contributed by atoms with Crippen LogP contribution in [-0.4, -0.2) is 39.5 Å². The maximum Gasteiger partial charge on any atom is 0.354 e. The highest BCUT2D eigenvalue weighted by Gasteiger charge is 2.62. The molecule has 7 nitrogen and oxygen atoms in total. The Morgan fingerprint density at radius 1 is 1.46 bits per heavy atom. The number of nitrogens with zero attached hydrogens (tertiary/aromatic N) is 2. The number of fused-ring (bicyclic) bond motifs is 6. The zero-order chi connectivity index (χ0) is 16.6. The SMILES string of the molecule is Cc1nn(C)c2[nH]c(C(=O)OC[C@@H]3C[C@@H]4O[C@H]3[C@H]3C[C@H]34)cc(=O)c12. The van der Waals surface area contributed by atoms with Crippen molar-refractivity contribution in [3.63, 3.8) is 0 Å². The molecule has 0 radical (unpaired) electrons. The Morgan fingerprint density at radius 2 is 2.29 bits per heavy atom. The number of H-pyrrole nitrogens is 1. The third-order valence-electron chi connectivity index (χ3n) is 5.77. The number of ether oxygens (including phenoxy) is 2. The lowest BCUT2D eigenvalue weighted by molar-refractivity contribution is 0.0266. The summed E-state index contributed by atoms with van der Waals surface area (Å²) in [5, 5.41) is 4.73. The van der Waals surface area contributed by atoms with Gasteiger partial charge in [0.15, 0.2) is 5.43 Å². The minimum Gasteiger partial charge on any atom is -0.461 e. The summed E-state index contributed by atoms with van der Waals surface area (Å²) in [6.45, 7) is 2.13. The number of aryl methyl sites for hydroxylation is 2. The van der Waals surface area contributed by atoms with Gasteiger partial charge in [0, 0.05) is 19.0 Å². The van der Waals surface area contributed by atoms with E-state index in [0.717, 1.165) is 12.3 Å². The number of carbonyl (C=O) groups excluding carboxylic acids is 1. The molecule has 0 amide bonds. The molecular formula is C17H19N3O4. The molecule has 2 bridgehead atoms. The van der Waals surface area contributed by atoms with Crippen LogP contribution < -0.4 is 5.43 Å². The van der Waals surface area contributed by atoms with Crippen molar-refractivity contribution >= 4 is 17.0 Å². The molecule has 3 fully saturated rings. The molecule has 2 aromatic heterocycles. The molecule has 0 spiro atoms. The van der Waals surface area contributed by atoms with Crippen molar-refractivity contribution in [2.45, 2.75) is 32.0 Å². The van der Waals surface area contributed by atoms with E-state index in [0.29, 0.717) is 35.4 Å². The highest BCUT2D eigenvalue weighted by Crippen LogP contribution is 2.60. The van der Waals surface area contributed by atoms with Gasteiger partial charge in [0.2, 0.25) is 0 Å². The van der Waals surface area contributed by atoms with Gasteiger partial charge < -0.3 is 14.5 Å². The van der Waals surface area contributed by atoms with Crippen LogP contribution in [0, 0.1) is 24.7 Å². The van der Waals surface area contributed by atoms with Crippen LogP contribution in [0.4, 0.5) is 0 Å². The lowest BCUT2D eigenvalue weighted by Crippen LogP contribution is -2.26. The molecule has 24 heavy (non-hydrogen) atoms.